The van der Waals surface area contributed by atoms with Gasteiger partial charge in [0.2, 0.25) is 11.8 Å². The van der Waals surface area contributed by atoms with Crippen LogP contribution < -0.4 is 10.6 Å². The first-order valence-electron chi connectivity index (χ1n) is 10.8. The van der Waals surface area contributed by atoms with E-state index in [-0.39, 0.29) is 40.0 Å². The molecule has 0 spiro atoms. The number of nitrogens with zero attached hydrogens (tertiary/aromatic N) is 2. The molecule has 2 rings (SSSR count). The topological polar surface area (TPSA) is 122 Å². The predicted octanol–water partition coefficient (Wildman–Crippen LogP) is 3.16. The second-order valence-electron chi connectivity index (χ2n) is 8.88. The Balaban J connectivity index is 1.96. The molecule has 9 nitrogen and oxygen atoms in total. The zero-order valence-electron chi connectivity index (χ0n) is 18.9. The van der Waals surface area contributed by atoms with Crippen molar-refractivity contribution < 1.29 is 19.3 Å². The Hall–Kier alpha value is -2.68. The number of piperidine rings is 1. The summed E-state index contributed by atoms with van der Waals surface area (Å²) in [6.45, 7) is 8.83. The highest BCUT2D eigenvalue weighted by Crippen LogP contribution is 2.23. The molecule has 1 aromatic rings. The van der Waals surface area contributed by atoms with E-state index in [1.807, 2.05) is 32.6 Å². The van der Waals surface area contributed by atoms with Gasteiger partial charge in [-0.05, 0) is 30.7 Å². The van der Waals surface area contributed by atoms with Crippen LogP contribution in [-0.2, 0) is 9.59 Å². The van der Waals surface area contributed by atoms with Crippen molar-refractivity contribution in [1.82, 2.24) is 15.5 Å². The van der Waals surface area contributed by atoms with Crippen molar-refractivity contribution in [1.29, 1.82) is 0 Å². The first-order valence-corrected chi connectivity index (χ1v) is 11.2. The van der Waals surface area contributed by atoms with Gasteiger partial charge in [-0.3, -0.25) is 24.5 Å². The Morgan fingerprint density at radius 2 is 1.81 bits per heavy atom. The maximum atomic E-state index is 12.9. The number of nitrogens with one attached hydrogen (secondary N) is 2. The first-order chi connectivity index (χ1) is 15.0. The molecule has 1 aromatic carbocycles. The summed E-state index contributed by atoms with van der Waals surface area (Å²) in [7, 11) is 0. The third-order valence-corrected chi connectivity index (χ3v) is 5.73. The number of carbonyl (C=O) groups is 3. The van der Waals surface area contributed by atoms with E-state index in [4.69, 9.17) is 11.6 Å². The highest BCUT2D eigenvalue weighted by Gasteiger charge is 2.30. The smallest absolute Gasteiger partial charge is 0.270 e. The van der Waals surface area contributed by atoms with Crippen LogP contribution in [0.4, 0.5) is 5.69 Å². The minimum atomic E-state index is -0.797. The summed E-state index contributed by atoms with van der Waals surface area (Å²) >= 11 is 6.04. The third kappa shape index (κ3) is 6.91. The van der Waals surface area contributed by atoms with E-state index in [0.29, 0.717) is 38.3 Å². The standard InChI is InChI=1S/C22H31ClN4O5/c1-13(2)11-19(28)26-9-7-15(8-10-26)24-22(30)20(14(3)4)25-21(29)17-6-5-16(27(31)32)12-18(17)23/h5-6,12-15,20H,7-11H2,1-4H3,(H,24,30)(H,25,29). The van der Waals surface area contributed by atoms with Gasteiger partial charge in [0.15, 0.2) is 0 Å². The number of hydrogen-bond acceptors (Lipinski definition) is 5. The van der Waals surface area contributed by atoms with Gasteiger partial charge in [0.05, 0.1) is 15.5 Å². The molecule has 32 heavy (non-hydrogen) atoms. The summed E-state index contributed by atoms with van der Waals surface area (Å²) < 4.78 is 0. The summed E-state index contributed by atoms with van der Waals surface area (Å²) in [4.78, 5) is 49.9. The second-order valence-corrected chi connectivity index (χ2v) is 9.29. The number of hydrogen-bond donors (Lipinski definition) is 2. The third-order valence-electron chi connectivity index (χ3n) is 5.42. The number of likely N-dealkylation sites (tertiary alicyclic amines) is 1. The SMILES string of the molecule is CC(C)CC(=O)N1CCC(NC(=O)C(NC(=O)c2ccc([N+](=O)[O-])cc2Cl)C(C)C)CC1. The minimum Gasteiger partial charge on any atom is -0.351 e. The van der Waals surface area contributed by atoms with Gasteiger partial charge in [-0.15, -0.1) is 0 Å². The van der Waals surface area contributed by atoms with Gasteiger partial charge in [0.1, 0.15) is 6.04 Å². The number of amides is 3. The lowest BCUT2D eigenvalue weighted by Gasteiger charge is -2.34. The largest absolute Gasteiger partial charge is 0.351 e. The Morgan fingerprint density at radius 3 is 2.31 bits per heavy atom. The van der Waals surface area contributed by atoms with Crippen molar-refractivity contribution in [2.45, 2.75) is 59.0 Å². The lowest BCUT2D eigenvalue weighted by atomic mass is 9.99. The molecule has 0 bridgehead atoms. The van der Waals surface area contributed by atoms with E-state index in [9.17, 15) is 24.5 Å². The number of non-ortho nitro benzene ring substituents is 1. The molecule has 10 heteroatoms. The fourth-order valence-electron chi connectivity index (χ4n) is 3.60. The molecule has 1 fully saturated rings. The van der Waals surface area contributed by atoms with E-state index >= 15 is 0 Å². The number of nitro benzene ring substituents is 1. The minimum absolute atomic E-state index is 0.0574. The highest BCUT2D eigenvalue weighted by molar-refractivity contribution is 6.34. The number of nitro groups is 1. The Bertz CT molecular complexity index is 866. The van der Waals surface area contributed by atoms with Gasteiger partial charge < -0.3 is 15.5 Å². The monoisotopic (exact) mass is 466 g/mol. The van der Waals surface area contributed by atoms with E-state index in [2.05, 4.69) is 10.6 Å². The number of halogens is 1. The van der Waals surface area contributed by atoms with Gasteiger partial charge in [-0.25, -0.2) is 0 Å². The van der Waals surface area contributed by atoms with E-state index in [0.717, 1.165) is 6.07 Å². The van der Waals surface area contributed by atoms with Gasteiger partial charge in [-0.1, -0.05) is 39.3 Å². The molecule has 3 amide bonds. The number of carbonyl (C=O) groups excluding carboxylic acids is 3. The van der Waals surface area contributed by atoms with Crippen LogP contribution in [-0.4, -0.2) is 52.7 Å². The molecule has 1 atom stereocenters. The average molecular weight is 467 g/mol. The lowest BCUT2D eigenvalue weighted by molar-refractivity contribution is -0.384. The summed E-state index contributed by atoms with van der Waals surface area (Å²) in [5.41, 5.74) is -0.157. The van der Waals surface area contributed by atoms with Crippen LogP contribution in [0.25, 0.3) is 0 Å². The molecule has 1 saturated heterocycles. The van der Waals surface area contributed by atoms with Crippen molar-refractivity contribution in [3.63, 3.8) is 0 Å². The fraction of sp³-hybridized carbons (Fsp3) is 0.591. The Kier molecular flexibility index (Phi) is 9.00. The van der Waals surface area contributed by atoms with E-state index < -0.39 is 16.9 Å². The maximum Gasteiger partial charge on any atom is 0.270 e. The molecule has 0 saturated carbocycles. The lowest BCUT2D eigenvalue weighted by Crippen LogP contribution is -2.54. The highest BCUT2D eigenvalue weighted by atomic mass is 35.5. The molecule has 176 valence electrons. The molecular weight excluding hydrogens is 436 g/mol. The first kappa shape index (κ1) is 25.6. The molecule has 1 unspecified atom stereocenters. The van der Waals surface area contributed by atoms with Crippen LogP contribution in [0, 0.1) is 22.0 Å². The van der Waals surface area contributed by atoms with Crippen molar-refractivity contribution in [3.8, 4) is 0 Å². The predicted molar refractivity (Wildman–Crippen MR) is 121 cm³/mol. The van der Waals surface area contributed by atoms with Crippen LogP contribution in [0.1, 0.15) is 57.3 Å². The molecule has 1 aliphatic rings. The zero-order chi connectivity index (χ0) is 24.0. The zero-order valence-corrected chi connectivity index (χ0v) is 19.6. The molecule has 0 aliphatic carbocycles. The molecule has 1 aliphatic heterocycles. The quantitative estimate of drug-likeness (QED) is 0.450. The van der Waals surface area contributed by atoms with Crippen LogP contribution in [0.2, 0.25) is 5.02 Å². The summed E-state index contributed by atoms with van der Waals surface area (Å²) in [5.74, 6) is -0.633. The van der Waals surface area contributed by atoms with Gasteiger partial charge in [0, 0.05) is 37.7 Å². The molecular formula is C22H31ClN4O5. The number of benzene rings is 1. The number of rotatable bonds is 8. The summed E-state index contributed by atoms with van der Waals surface area (Å²) in [5, 5.41) is 16.5. The van der Waals surface area contributed by atoms with Crippen LogP contribution in [0.5, 0.6) is 0 Å². The molecule has 0 aromatic heterocycles. The van der Waals surface area contributed by atoms with E-state index in [1.165, 1.54) is 12.1 Å². The Labute approximate surface area is 193 Å². The molecule has 0 radical (unpaired) electrons. The van der Waals surface area contributed by atoms with Crippen LogP contribution in [0.15, 0.2) is 18.2 Å². The van der Waals surface area contributed by atoms with E-state index in [1.54, 1.807) is 0 Å². The van der Waals surface area contributed by atoms with Crippen molar-refractivity contribution in [3.05, 3.63) is 38.9 Å². The van der Waals surface area contributed by atoms with Crippen LogP contribution >= 0.6 is 11.6 Å². The van der Waals surface area contributed by atoms with Gasteiger partial charge >= 0.3 is 0 Å². The Morgan fingerprint density at radius 1 is 1.19 bits per heavy atom. The fourth-order valence-corrected chi connectivity index (χ4v) is 3.86. The van der Waals surface area contributed by atoms with Crippen molar-refractivity contribution in [2.24, 2.45) is 11.8 Å². The molecule has 2 N–H and O–H groups in total. The van der Waals surface area contributed by atoms with Gasteiger partial charge in [0.25, 0.3) is 11.6 Å². The average Bonchev–Trinajstić information content (AvgIpc) is 2.71. The molecule has 1 heterocycles. The second kappa shape index (κ2) is 11.3. The summed E-state index contributed by atoms with van der Waals surface area (Å²) in [6, 6.07) is 2.70. The normalized spacial score (nSPS) is 15.5. The van der Waals surface area contributed by atoms with Gasteiger partial charge in [-0.2, -0.15) is 0 Å². The van der Waals surface area contributed by atoms with Crippen molar-refractivity contribution >= 4 is 35.0 Å². The van der Waals surface area contributed by atoms with Crippen molar-refractivity contribution in [2.75, 3.05) is 13.1 Å². The summed E-state index contributed by atoms with van der Waals surface area (Å²) in [6.07, 6.45) is 1.83. The van der Waals surface area contributed by atoms with Crippen LogP contribution in [0.3, 0.4) is 0 Å². The maximum absolute atomic E-state index is 12.9.